The lowest BCUT2D eigenvalue weighted by molar-refractivity contribution is -0.384. The van der Waals surface area contributed by atoms with E-state index in [4.69, 9.17) is 0 Å². The zero-order chi connectivity index (χ0) is 21.7. The average molecular weight is 412 g/mol. The maximum atomic E-state index is 13.4. The van der Waals surface area contributed by atoms with Gasteiger partial charge < -0.3 is 10.4 Å². The molecule has 0 spiro atoms. The Balaban J connectivity index is 1.87. The summed E-state index contributed by atoms with van der Waals surface area (Å²) in [5.41, 5.74) is 3.49. The number of benzene rings is 2. The number of aliphatic hydroxyl groups excluding tert-OH is 1. The summed E-state index contributed by atoms with van der Waals surface area (Å²) in [6.45, 7) is 7.48. The molecule has 160 valence electrons. The molecule has 0 radical (unpaired) electrons. The summed E-state index contributed by atoms with van der Waals surface area (Å²) in [6.07, 6.45) is 0. The van der Waals surface area contributed by atoms with E-state index in [2.05, 4.69) is 15.1 Å². The van der Waals surface area contributed by atoms with Gasteiger partial charge in [0, 0.05) is 50.5 Å². The van der Waals surface area contributed by atoms with Crippen molar-refractivity contribution in [2.45, 2.75) is 19.9 Å². The Morgan fingerprint density at radius 2 is 1.70 bits per heavy atom. The number of nitro groups is 1. The molecule has 0 bridgehead atoms. The van der Waals surface area contributed by atoms with Crippen molar-refractivity contribution in [1.29, 1.82) is 0 Å². The Kier molecular flexibility index (Phi) is 7.15. The fourth-order valence-corrected chi connectivity index (χ4v) is 3.90. The fraction of sp³-hybridized carbons (Fsp3) is 0.409. The number of non-ortho nitro benzene ring substituents is 1. The molecule has 8 heteroatoms. The second kappa shape index (κ2) is 9.80. The number of nitro benzene ring substituents is 1. The molecule has 0 unspecified atom stereocenters. The summed E-state index contributed by atoms with van der Waals surface area (Å²) in [7, 11) is 0. The van der Waals surface area contributed by atoms with Crippen molar-refractivity contribution in [1.82, 2.24) is 9.80 Å². The number of anilines is 1. The molecule has 1 atom stereocenters. The molecule has 2 N–H and O–H groups in total. The van der Waals surface area contributed by atoms with Crippen LogP contribution >= 0.6 is 0 Å². The van der Waals surface area contributed by atoms with Gasteiger partial charge in [0.25, 0.3) is 5.69 Å². The van der Waals surface area contributed by atoms with E-state index in [-0.39, 0.29) is 18.2 Å². The molecule has 30 heavy (non-hydrogen) atoms. The molecule has 1 saturated heterocycles. The molecule has 8 nitrogen and oxygen atoms in total. The first kappa shape index (κ1) is 21.9. The lowest BCUT2D eigenvalue weighted by atomic mass is 10.0. The van der Waals surface area contributed by atoms with Crippen LogP contribution in [0.3, 0.4) is 0 Å². The van der Waals surface area contributed by atoms with Crippen LogP contribution in [0, 0.1) is 24.0 Å². The highest BCUT2D eigenvalue weighted by atomic mass is 16.6. The molecule has 1 fully saturated rings. The second-order valence-corrected chi connectivity index (χ2v) is 7.61. The van der Waals surface area contributed by atoms with Crippen LogP contribution in [-0.2, 0) is 4.79 Å². The largest absolute Gasteiger partial charge is 0.395 e. The van der Waals surface area contributed by atoms with Gasteiger partial charge in [0.15, 0.2) is 0 Å². The number of aliphatic hydroxyl groups is 1. The SMILES string of the molecule is Cc1cccc(C)c1NC(=O)[C@H](c1ccc([N+](=O)[O-])cc1)N1CCN(CCO)CC1. The Morgan fingerprint density at radius 1 is 1.10 bits per heavy atom. The summed E-state index contributed by atoms with van der Waals surface area (Å²) in [6, 6.07) is 11.5. The van der Waals surface area contributed by atoms with Gasteiger partial charge in [0.1, 0.15) is 6.04 Å². The van der Waals surface area contributed by atoms with Gasteiger partial charge in [0.2, 0.25) is 5.91 Å². The number of β-amino-alcohol motifs (C(OH)–C–C–N with tert-alkyl or cyclic N) is 1. The molecule has 0 saturated carbocycles. The Morgan fingerprint density at radius 3 is 2.23 bits per heavy atom. The van der Waals surface area contributed by atoms with E-state index in [0.29, 0.717) is 19.6 Å². The summed E-state index contributed by atoms with van der Waals surface area (Å²) in [5.74, 6) is -0.156. The van der Waals surface area contributed by atoms with E-state index in [1.807, 2.05) is 32.0 Å². The van der Waals surface area contributed by atoms with Crippen LogP contribution in [0.1, 0.15) is 22.7 Å². The molecule has 2 aromatic rings. The first-order valence-electron chi connectivity index (χ1n) is 10.1. The number of nitrogens with one attached hydrogen (secondary N) is 1. The van der Waals surface area contributed by atoms with E-state index in [0.717, 1.165) is 35.5 Å². The minimum absolute atomic E-state index is 0.000390. The van der Waals surface area contributed by atoms with E-state index in [9.17, 15) is 20.0 Å². The Bertz CT molecular complexity index is 872. The summed E-state index contributed by atoms with van der Waals surface area (Å²) < 4.78 is 0. The van der Waals surface area contributed by atoms with Crippen LogP contribution in [0.4, 0.5) is 11.4 Å². The molecule has 3 rings (SSSR count). The highest BCUT2D eigenvalue weighted by Gasteiger charge is 2.31. The van der Waals surface area contributed by atoms with Gasteiger partial charge in [0.05, 0.1) is 11.5 Å². The fourth-order valence-electron chi connectivity index (χ4n) is 3.90. The smallest absolute Gasteiger partial charge is 0.269 e. The molecule has 2 aromatic carbocycles. The predicted molar refractivity (Wildman–Crippen MR) is 115 cm³/mol. The highest BCUT2D eigenvalue weighted by Crippen LogP contribution is 2.28. The first-order chi connectivity index (χ1) is 14.4. The van der Waals surface area contributed by atoms with E-state index in [1.54, 1.807) is 12.1 Å². The zero-order valence-electron chi connectivity index (χ0n) is 17.4. The number of carbonyl (C=O) groups excluding carboxylic acids is 1. The van der Waals surface area contributed by atoms with Crippen LogP contribution in [0.2, 0.25) is 0 Å². The number of hydrogen-bond acceptors (Lipinski definition) is 6. The number of rotatable bonds is 7. The minimum atomic E-state index is -0.555. The van der Waals surface area contributed by atoms with Crippen molar-refractivity contribution in [2.75, 3.05) is 44.6 Å². The van der Waals surface area contributed by atoms with Gasteiger partial charge in [-0.05, 0) is 30.5 Å². The number of amides is 1. The molecule has 1 aliphatic rings. The predicted octanol–water partition coefficient (Wildman–Crippen LogP) is 2.50. The third kappa shape index (κ3) is 5.02. The minimum Gasteiger partial charge on any atom is -0.395 e. The average Bonchev–Trinajstić information content (AvgIpc) is 2.73. The number of nitrogens with zero attached hydrogens (tertiary/aromatic N) is 3. The molecular formula is C22H28N4O4. The number of aryl methyl sites for hydroxylation is 2. The van der Waals surface area contributed by atoms with E-state index >= 15 is 0 Å². The zero-order valence-corrected chi connectivity index (χ0v) is 17.4. The number of para-hydroxylation sites is 1. The van der Waals surface area contributed by atoms with Crippen LogP contribution in [0.15, 0.2) is 42.5 Å². The van der Waals surface area contributed by atoms with Crippen molar-refractivity contribution in [3.8, 4) is 0 Å². The van der Waals surface area contributed by atoms with Crippen LogP contribution < -0.4 is 5.32 Å². The van der Waals surface area contributed by atoms with Gasteiger partial charge >= 0.3 is 0 Å². The van der Waals surface area contributed by atoms with Gasteiger partial charge in [-0.3, -0.25) is 24.7 Å². The van der Waals surface area contributed by atoms with E-state index in [1.165, 1.54) is 12.1 Å². The van der Waals surface area contributed by atoms with Crippen LogP contribution in [0.25, 0.3) is 0 Å². The summed E-state index contributed by atoms with van der Waals surface area (Å²) in [4.78, 5) is 28.2. The first-order valence-corrected chi connectivity index (χ1v) is 10.1. The van der Waals surface area contributed by atoms with Crippen LogP contribution in [-0.4, -0.2) is 65.1 Å². The molecule has 1 amide bonds. The van der Waals surface area contributed by atoms with Gasteiger partial charge in [-0.15, -0.1) is 0 Å². The third-order valence-corrected chi connectivity index (χ3v) is 5.59. The Labute approximate surface area is 176 Å². The number of piperazine rings is 1. The second-order valence-electron chi connectivity index (χ2n) is 7.61. The number of hydrogen-bond donors (Lipinski definition) is 2. The van der Waals surface area contributed by atoms with Crippen molar-refractivity contribution < 1.29 is 14.8 Å². The lowest BCUT2D eigenvalue weighted by Crippen LogP contribution is -2.50. The van der Waals surface area contributed by atoms with Crippen molar-refractivity contribution in [2.24, 2.45) is 0 Å². The molecule has 0 aromatic heterocycles. The quantitative estimate of drug-likeness (QED) is 0.536. The topological polar surface area (TPSA) is 98.9 Å². The van der Waals surface area contributed by atoms with Crippen molar-refractivity contribution in [3.05, 3.63) is 69.3 Å². The van der Waals surface area contributed by atoms with Gasteiger partial charge in [-0.25, -0.2) is 0 Å². The molecule has 1 aliphatic heterocycles. The molecular weight excluding hydrogens is 384 g/mol. The van der Waals surface area contributed by atoms with Gasteiger partial charge in [-0.2, -0.15) is 0 Å². The maximum absolute atomic E-state index is 13.4. The maximum Gasteiger partial charge on any atom is 0.269 e. The summed E-state index contributed by atoms with van der Waals surface area (Å²) >= 11 is 0. The standard InChI is InChI=1S/C22H28N4O4/c1-16-4-3-5-17(2)20(16)23-22(28)21(18-6-8-19(9-7-18)26(29)30)25-12-10-24(11-13-25)14-15-27/h3-9,21,27H,10-15H2,1-2H3,(H,23,28)/t21-/m0/s1. The molecule has 1 heterocycles. The summed E-state index contributed by atoms with van der Waals surface area (Å²) in [5, 5.41) is 23.3. The third-order valence-electron chi connectivity index (χ3n) is 5.59. The van der Waals surface area contributed by atoms with Crippen molar-refractivity contribution in [3.63, 3.8) is 0 Å². The monoisotopic (exact) mass is 412 g/mol. The van der Waals surface area contributed by atoms with Gasteiger partial charge in [-0.1, -0.05) is 30.3 Å². The number of carbonyl (C=O) groups is 1. The normalized spacial score (nSPS) is 16.2. The van der Waals surface area contributed by atoms with Crippen LogP contribution in [0.5, 0.6) is 0 Å². The van der Waals surface area contributed by atoms with Crippen molar-refractivity contribution >= 4 is 17.3 Å². The van der Waals surface area contributed by atoms with E-state index < -0.39 is 11.0 Å². The molecule has 0 aliphatic carbocycles. The lowest BCUT2D eigenvalue weighted by Gasteiger charge is -2.38. The highest BCUT2D eigenvalue weighted by molar-refractivity contribution is 5.96. The Hall–Kier alpha value is -2.81.